The van der Waals surface area contributed by atoms with E-state index in [1.807, 2.05) is 13.8 Å². The molecule has 0 saturated carbocycles. The SMILES string of the molecule is CC1C(C)(C)c2ccc(C(C)(C)O)cc2C1(C)C. The van der Waals surface area contributed by atoms with Crippen LogP contribution in [0.15, 0.2) is 18.2 Å². The van der Waals surface area contributed by atoms with Crippen molar-refractivity contribution >= 4 is 0 Å². The highest BCUT2D eigenvalue weighted by Gasteiger charge is 2.48. The highest BCUT2D eigenvalue weighted by Crippen LogP contribution is 2.53. The van der Waals surface area contributed by atoms with Crippen LogP contribution in [0.25, 0.3) is 0 Å². The van der Waals surface area contributed by atoms with Gasteiger partial charge in [0.05, 0.1) is 5.60 Å². The highest BCUT2D eigenvalue weighted by atomic mass is 16.3. The zero-order valence-electron chi connectivity index (χ0n) is 12.8. The van der Waals surface area contributed by atoms with Crippen molar-refractivity contribution in [2.75, 3.05) is 0 Å². The monoisotopic (exact) mass is 246 g/mol. The summed E-state index contributed by atoms with van der Waals surface area (Å²) in [7, 11) is 0. The van der Waals surface area contributed by atoms with Gasteiger partial charge >= 0.3 is 0 Å². The Morgan fingerprint density at radius 2 is 1.50 bits per heavy atom. The molecule has 100 valence electrons. The number of fused-ring (bicyclic) bond motifs is 1. The fraction of sp³-hybridized carbons (Fsp3) is 0.647. The van der Waals surface area contributed by atoms with Gasteiger partial charge in [-0.25, -0.2) is 0 Å². The van der Waals surface area contributed by atoms with Crippen LogP contribution in [-0.4, -0.2) is 5.11 Å². The molecule has 0 bridgehead atoms. The largest absolute Gasteiger partial charge is 0.386 e. The Labute approximate surface area is 111 Å². The molecule has 1 aliphatic carbocycles. The molecule has 0 radical (unpaired) electrons. The summed E-state index contributed by atoms with van der Waals surface area (Å²) in [5.74, 6) is 0.594. The molecule has 1 unspecified atom stereocenters. The van der Waals surface area contributed by atoms with Gasteiger partial charge in [0.15, 0.2) is 0 Å². The quantitative estimate of drug-likeness (QED) is 0.790. The van der Waals surface area contributed by atoms with E-state index in [-0.39, 0.29) is 10.8 Å². The molecule has 1 nitrogen and oxygen atoms in total. The molecule has 1 N–H and O–H groups in total. The first-order valence-corrected chi connectivity index (χ1v) is 6.87. The molecular weight excluding hydrogens is 220 g/mol. The number of aliphatic hydroxyl groups is 1. The maximum atomic E-state index is 10.2. The van der Waals surface area contributed by atoms with Crippen LogP contribution in [0.4, 0.5) is 0 Å². The van der Waals surface area contributed by atoms with Crippen molar-refractivity contribution in [1.29, 1.82) is 0 Å². The summed E-state index contributed by atoms with van der Waals surface area (Å²) in [5, 5.41) is 10.2. The molecule has 18 heavy (non-hydrogen) atoms. The third-order valence-electron chi connectivity index (χ3n) is 5.28. The van der Waals surface area contributed by atoms with Gasteiger partial charge < -0.3 is 5.11 Å². The van der Waals surface area contributed by atoms with E-state index < -0.39 is 5.60 Å². The van der Waals surface area contributed by atoms with Crippen LogP contribution in [0, 0.1) is 5.92 Å². The van der Waals surface area contributed by atoms with Gasteiger partial charge in [-0.3, -0.25) is 0 Å². The average molecular weight is 246 g/mol. The van der Waals surface area contributed by atoms with E-state index in [2.05, 4.69) is 52.8 Å². The number of rotatable bonds is 1. The Hall–Kier alpha value is -0.820. The Bertz CT molecular complexity index is 475. The van der Waals surface area contributed by atoms with Crippen molar-refractivity contribution in [3.05, 3.63) is 34.9 Å². The first-order chi connectivity index (χ1) is 7.99. The van der Waals surface area contributed by atoms with E-state index in [1.54, 1.807) is 0 Å². The van der Waals surface area contributed by atoms with E-state index in [4.69, 9.17) is 0 Å². The second-order valence-corrected chi connectivity index (χ2v) is 7.48. The minimum atomic E-state index is -0.763. The van der Waals surface area contributed by atoms with Gasteiger partial charge in [-0.2, -0.15) is 0 Å². The Kier molecular flexibility index (Phi) is 2.72. The second-order valence-electron chi connectivity index (χ2n) is 7.48. The van der Waals surface area contributed by atoms with Crippen molar-refractivity contribution in [3.63, 3.8) is 0 Å². The summed E-state index contributed by atoms with van der Waals surface area (Å²) in [6.45, 7) is 15.3. The maximum absolute atomic E-state index is 10.2. The summed E-state index contributed by atoms with van der Waals surface area (Å²) in [4.78, 5) is 0. The van der Waals surface area contributed by atoms with Crippen molar-refractivity contribution in [3.8, 4) is 0 Å². The normalized spacial score (nSPS) is 25.0. The molecule has 0 aromatic heterocycles. The fourth-order valence-electron chi connectivity index (χ4n) is 3.39. The summed E-state index contributed by atoms with van der Waals surface area (Å²) in [6.07, 6.45) is 0. The number of hydrogen-bond donors (Lipinski definition) is 1. The van der Waals surface area contributed by atoms with Crippen LogP contribution in [0.5, 0.6) is 0 Å². The first-order valence-electron chi connectivity index (χ1n) is 6.87. The molecule has 2 rings (SSSR count). The lowest BCUT2D eigenvalue weighted by Crippen LogP contribution is -2.30. The molecule has 0 amide bonds. The van der Waals surface area contributed by atoms with Gasteiger partial charge in [-0.05, 0) is 47.3 Å². The number of benzene rings is 1. The molecule has 0 spiro atoms. The standard InChI is InChI=1S/C17H26O/c1-11-15(2,3)13-9-8-12(17(6,7)18)10-14(13)16(11,4)5/h8-11,18H,1-7H3. The molecule has 0 heterocycles. The smallest absolute Gasteiger partial charge is 0.0840 e. The average Bonchev–Trinajstić information content (AvgIpc) is 2.37. The van der Waals surface area contributed by atoms with Crippen molar-refractivity contribution in [2.45, 2.75) is 64.9 Å². The summed E-state index contributed by atoms with van der Waals surface area (Å²) >= 11 is 0. The number of hydrogen-bond acceptors (Lipinski definition) is 1. The van der Waals surface area contributed by atoms with E-state index in [1.165, 1.54) is 11.1 Å². The molecule has 1 aliphatic rings. The lowest BCUT2D eigenvalue weighted by Gasteiger charge is -2.32. The Morgan fingerprint density at radius 1 is 1.00 bits per heavy atom. The minimum Gasteiger partial charge on any atom is -0.386 e. The third-order valence-corrected chi connectivity index (χ3v) is 5.28. The second kappa shape index (κ2) is 3.60. The van der Waals surface area contributed by atoms with E-state index in [0.29, 0.717) is 5.92 Å². The molecule has 0 aliphatic heterocycles. The summed E-state index contributed by atoms with van der Waals surface area (Å²) in [5.41, 5.74) is 3.46. The molecule has 1 aromatic carbocycles. The zero-order valence-corrected chi connectivity index (χ0v) is 12.8. The van der Waals surface area contributed by atoms with E-state index in [0.717, 1.165) is 5.56 Å². The van der Waals surface area contributed by atoms with Gasteiger partial charge in [0.1, 0.15) is 0 Å². The molecule has 0 saturated heterocycles. The van der Waals surface area contributed by atoms with Crippen LogP contribution in [0.1, 0.15) is 65.2 Å². The lowest BCUT2D eigenvalue weighted by molar-refractivity contribution is 0.0784. The minimum absolute atomic E-state index is 0.167. The zero-order chi connectivity index (χ0) is 13.9. The molecule has 0 fully saturated rings. The summed E-state index contributed by atoms with van der Waals surface area (Å²) in [6, 6.07) is 6.50. The van der Waals surface area contributed by atoms with Gasteiger partial charge in [0.2, 0.25) is 0 Å². The van der Waals surface area contributed by atoms with Crippen LogP contribution in [-0.2, 0) is 16.4 Å². The van der Waals surface area contributed by atoms with Crippen LogP contribution < -0.4 is 0 Å². The van der Waals surface area contributed by atoms with Gasteiger partial charge in [0, 0.05) is 0 Å². The molecule has 1 heteroatoms. The summed E-state index contributed by atoms with van der Waals surface area (Å²) < 4.78 is 0. The molecular formula is C17H26O. The predicted molar refractivity (Wildman–Crippen MR) is 76.9 cm³/mol. The molecule has 1 atom stereocenters. The first kappa shape index (κ1) is 13.6. The van der Waals surface area contributed by atoms with E-state index in [9.17, 15) is 5.11 Å². The lowest BCUT2D eigenvalue weighted by atomic mass is 9.71. The topological polar surface area (TPSA) is 20.2 Å². The highest BCUT2D eigenvalue weighted by molar-refractivity contribution is 5.48. The van der Waals surface area contributed by atoms with Crippen molar-refractivity contribution in [1.82, 2.24) is 0 Å². The maximum Gasteiger partial charge on any atom is 0.0840 e. The van der Waals surface area contributed by atoms with Crippen LogP contribution in [0.2, 0.25) is 0 Å². The molecule has 1 aromatic rings. The predicted octanol–water partition coefficient (Wildman–Crippen LogP) is 4.12. The Balaban J connectivity index is 2.66. The third kappa shape index (κ3) is 1.72. The Morgan fingerprint density at radius 3 is 2.00 bits per heavy atom. The van der Waals surface area contributed by atoms with Gasteiger partial charge in [-0.1, -0.05) is 52.8 Å². The van der Waals surface area contributed by atoms with E-state index >= 15 is 0 Å². The van der Waals surface area contributed by atoms with Gasteiger partial charge in [-0.15, -0.1) is 0 Å². The van der Waals surface area contributed by atoms with Crippen molar-refractivity contribution in [2.24, 2.45) is 5.92 Å². The van der Waals surface area contributed by atoms with Gasteiger partial charge in [0.25, 0.3) is 0 Å². The van der Waals surface area contributed by atoms with Crippen LogP contribution in [0.3, 0.4) is 0 Å². The van der Waals surface area contributed by atoms with Crippen molar-refractivity contribution < 1.29 is 5.11 Å². The van der Waals surface area contributed by atoms with Crippen LogP contribution >= 0.6 is 0 Å². The fourth-order valence-corrected chi connectivity index (χ4v) is 3.39.